The van der Waals surface area contributed by atoms with Crippen molar-refractivity contribution in [3.8, 4) is 0 Å². The Morgan fingerprint density at radius 2 is 1.92 bits per heavy atom. The lowest BCUT2D eigenvalue weighted by Crippen LogP contribution is -2.04. The molecule has 0 radical (unpaired) electrons. The second-order valence-corrected chi connectivity index (χ2v) is 2.25. The van der Waals surface area contributed by atoms with Crippen LogP contribution < -0.4 is 5.73 Å². The highest BCUT2D eigenvalue weighted by Gasteiger charge is 2.08. The zero-order valence-electron chi connectivity index (χ0n) is 6.40. The maximum absolute atomic E-state index is 11.2. The molecule has 3 N–H and O–H groups in total. The molecule has 0 heterocycles. The molecule has 3 nitrogen and oxygen atoms in total. The summed E-state index contributed by atoms with van der Waals surface area (Å²) in [5, 5.41) is 8.97. The lowest BCUT2D eigenvalue weighted by molar-refractivity contribution is 0.0977. The van der Waals surface area contributed by atoms with Crippen LogP contribution in [0.3, 0.4) is 0 Å². The molecule has 62 valence electrons. The van der Waals surface area contributed by atoms with Crippen LogP contribution in [0.5, 0.6) is 0 Å². The molecule has 0 saturated carbocycles. The fraction of sp³-hybridized carbons (Fsp3) is 0. The molecule has 0 spiro atoms. The number of hydrogen-bond donors (Lipinski definition) is 2. The van der Waals surface area contributed by atoms with Crippen LogP contribution in [0.25, 0.3) is 0 Å². The van der Waals surface area contributed by atoms with Crippen LogP contribution in [-0.2, 0) is 0 Å². The predicted molar refractivity (Wildman–Crippen MR) is 45.7 cm³/mol. The van der Waals surface area contributed by atoms with Gasteiger partial charge >= 0.3 is 0 Å². The Kier molecular flexibility index (Phi) is 2.48. The average Bonchev–Trinajstić information content (AvgIpc) is 2.17. The number of benzene rings is 1. The van der Waals surface area contributed by atoms with Crippen molar-refractivity contribution in [2.75, 3.05) is 0 Å². The van der Waals surface area contributed by atoms with E-state index in [1.807, 2.05) is 0 Å². The van der Waals surface area contributed by atoms with E-state index in [-0.39, 0.29) is 0 Å². The third-order valence-corrected chi connectivity index (χ3v) is 1.43. The van der Waals surface area contributed by atoms with Gasteiger partial charge < -0.3 is 10.8 Å². The van der Waals surface area contributed by atoms with E-state index in [0.717, 1.165) is 6.20 Å². The van der Waals surface area contributed by atoms with E-state index in [1.165, 1.54) is 0 Å². The van der Waals surface area contributed by atoms with Crippen molar-refractivity contribution in [1.82, 2.24) is 0 Å². The lowest BCUT2D eigenvalue weighted by atomic mass is 10.1. The molecule has 0 fully saturated rings. The Morgan fingerprint density at radius 1 is 1.33 bits per heavy atom. The van der Waals surface area contributed by atoms with Gasteiger partial charge in [0, 0.05) is 11.8 Å². The number of Topliss-reactive ketones (excluding diaryl/α,β-unsaturated/α-hetero) is 1. The van der Waals surface area contributed by atoms with Gasteiger partial charge in [0.15, 0.2) is 5.76 Å². The molecule has 0 bridgehead atoms. The minimum absolute atomic E-state index is 0.428. The SMILES string of the molecule is N/C=C(\O)C(=O)c1ccccc1. The van der Waals surface area contributed by atoms with E-state index >= 15 is 0 Å². The van der Waals surface area contributed by atoms with E-state index in [1.54, 1.807) is 30.3 Å². The standard InChI is InChI=1S/C9H9NO2/c10-6-8(11)9(12)7-4-2-1-3-5-7/h1-6,11H,10H2/b8-6-. The summed E-state index contributed by atoms with van der Waals surface area (Å²) in [5.74, 6) is -0.890. The van der Waals surface area contributed by atoms with Gasteiger partial charge in [0.2, 0.25) is 5.78 Å². The van der Waals surface area contributed by atoms with Crippen molar-refractivity contribution in [3.63, 3.8) is 0 Å². The van der Waals surface area contributed by atoms with Crippen molar-refractivity contribution < 1.29 is 9.90 Å². The molecule has 0 amide bonds. The Bertz CT molecular complexity index is 304. The summed E-state index contributed by atoms with van der Waals surface area (Å²) in [5.41, 5.74) is 5.40. The molecule has 3 heteroatoms. The van der Waals surface area contributed by atoms with Gasteiger partial charge in [0.05, 0.1) is 0 Å². The van der Waals surface area contributed by atoms with Crippen LogP contribution in [0, 0.1) is 0 Å². The first kappa shape index (κ1) is 8.33. The van der Waals surface area contributed by atoms with E-state index in [4.69, 9.17) is 10.8 Å². The van der Waals surface area contributed by atoms with Crippen molar-refractivity contribution in [2.45, 2.75) is 0 Å². The van der Waals surface area contributed by atoms with Gasteiger partial charge in [0.1, 0.15) is 0 Å². The van der Waals surface area contributed by atoms with Crippen molar-refractivity contribution in [1.29, 1.82) is 0 Å². The summed E-state index contributed by atoms with van der Waals surface area (Å²) in [6.45, 7) is 0. The third kappa shape index (κ3) is 1.63. The minimum atomic E-state index is -0.460. The Morgan fingerprint density at radius 3 is 2.42 bits per heavy atom. The van der Waals surface area contributed by atoms with Crippen molar-refractivity contribution in [3.05, 3.63) is 47.9 Å². The number of nitrogens with two attached hydrogens (primary N) is 1. The Labute approximate surface area is 70.1 Å². The second-order valence-electron chi connectivity index (χ2n) is 2.25. The summed E-state index contributed by atoms with van der Waals surface area (Å²) in [7, 11) is 0. The Balaban J connectivity index is 2.94. The number of allylic oxidation sites excluding steroid dienone is 1. The van der Waals surface area contributed by atoms with Crippen LogP contribution in [0.1, 0.15) is 10.4 Å². The molecule has 1 aromatic rings. The number of aliphatic hydroxyl groups is 1. The van der Waals surface area contributed by atoms with Crippen molar-refractivity contribution in [2.24, 2.45) is 5.73 Å². The van der Waals surface area contributed by atoms with Crippen molar-refractivity contribution >= 4 is 5.78 Å². The highest BCUT2D eigenvalue weighted by atomic mass is 16.3. The minimum Gasteiger partial charge on any atom is -0.503 e. The zero-order chi connectivity index (χ0) is 8.97. The molecule has 0 atom stereocenters. The normalized spacial score (nSPS) is 11.2. The number of carbonyl (C=O) groups excluding carboxylic acids is 1. The fourth-order valence-corrected chi connectivity index (χ4v) is 0.813. The summed E-state index contributed by atoms with van der Waals surface area (Å²) >= 11 is 0. The number of rotatable bonds is 2. The molecule has 0 saturated heterocycles. The van der Waals surface area contributed by atoms with Crippen LogP contribution in [0.15, 0.2) is 42.3 Å². The molecule has 0 aromatic heterocycles. The molecule has 0 aliphatic rings. The lowest BCUT2D eigenvalue weighted by Gasteiger charge is -1.97. The van der Waals surface area contributed by atoms with Gasteiger partial charge in [0.25, 0.3) is 0 Å². The number of aliphatic hydroxyl groups excluding tert-OH is 1. The van der Waals surface area contributed by atoms with Crippen LogP contribution in [0.4, 0.5) is 0 Å². The van der Waals surface area contributed by atoms with E-state index < -0.39 is 11.5 Å². The van der Waals surface area contributed by atoms with Gasteiger partial charge in [-0.15, -0.1) is 0 Å². The van der Waals surface area contributed by atoms with Crippen LogP contribution >= 0.6 is 0 Å². The highest BCUT2D eigenvalue weighted by molar-refractivity contribution is 6.06. The first-order valence-electron chi connectivity index (χ1n) is 3.46. The van der Waals surface area contributed by atoms with E-state index in [2.05, 4.69) is 0 Å². The van der Waals surface area contributed by atoms with Crippen LogP contribution in [-0.4, -0.2) is 10.9 Å². The van der Waals surface area contributed by atoms with Gasteiger partial charge in [-0.3, -0.25) is 4.79 Å². The molecular weight excluding hydrogens is 154 g/mol. The maximum atomic E-state index is 11.2. The molecule has 1 rings (SSSR count). The topological polar surface area (TPSA) is 63.3 Å². The molecular formula is C9H9NO2. The zero-order valence-corrected chi connectivity index (χ0v) is 6.40. The quantitative estimate of drug-likeness (QED) is 0.391. The Hall–Kier alpha value is -1.77. The second kappa shape index (κ2) is 3.57. The monoisotopic (exact) mass is 163 g/mol. The number of ketones is 1. The van der Waals surface area contributed by atoms with E-state index in [0.29, 0.717) is 5.56 Å². The third-order valence-electron chi connectivity index (χ3n) is 1.43. The largest absolute Gasteiger partial charge is 0.503 e. The summed E-state index contributed by atoms with van der Waals surface area (Å²) in [6.07, 6.45) is 0.884. The first-order valence-corrected chi connectivity index (χ1v) is 3.46. The molecule has 0 aliphatic heterocycles. The van der Waals surface area contributed by atoms with Gasteiger partial charge in [-0.2, -0.15) is 0 Å². The van der Waals surface area contributed by atoms with E-state index in [9.17, 15) is 4.79 Å². The molecule has 12 heavy (non-hydrogen) atoms. The van der Waals surface area contributed by atoms with Gasteiger partial charge in [-0.1, -0.05) is 30.3 Å². The van der Waals surface area contributed by atoms with Crippen LogP contribution in [0.2, 0.25) is 0 Å². The summed E-state index contributed by atoms with van der Waals surface area (Å²) < 4.78 is 0. The molecule has 0 aliphatic carbocycles. The molecule has 1 aromatic carbocycles. The fourth-order valence-electron chi connectivity index (χ4n) is 0.813. The summed E-state index contributed by atoms with van der Waals surface area (Å²) in [6, 6.07) is 8.46. The molecule has 0 unspecified atom stereocenters. The average molecular weight is 163 g/mol. The number of carbonyl (C=O) groups is 1. The smallest absolute Gasteiger partial charge is 0.228 e. The first-order chi connectivity index (χ1) is 5.75. The van der Waals surface area contributed by atoms with Gasteiger partial charge in [-0.05, 0) is 0 Å². The van der Waals surface area contributed by atoms with Gasteiger partial charge in [-0.25, -0.2) is 0 Å². The maximum Gasteiger partial charge on any atom is 0.228 e. The highest BCUT2D eigenvalue weighted by Crippen LogP contribution is 2.04. The number of hydrogen-bond acceptors (Lipinski definition) is 3. The summed E-state index contributed by atoms with van der Waals surface area (Å²) in [4.78, 5) is 11.2. The predicted octanol–water partition coefficient (Wildman–Crippen LogP) is 1.23.